The van der Waals surface area contributed by atoms with E-state index in [4.69, 9.17) is 4.74 Å². The molecule has 2 N–H and O–H groups in total. The molecule has 2 atom stereocenters. The molecule has 3 aromatic rings. The van der Waals surface area contributed by atoms with Crippen LogP contribution in [0.2, 0.25) is 0 Å². The molecule has 4 rings (SSSR count). The maximum Gasteiger partial charge on any atom is 0.183 e. The fourth-order valence-corrected chi connectivity index (χ4v) is 9.04. The molecule has 0 bridgehead atoms. The number of ether oxygens (including phenoxy) is 1. The molecule has 0 spiro atoms. The summed E-state index contributed by atoms with van der Waals surface area (Å²) in [6.45, 7) is 2.25. The van der Waals surface area contributed by atoms with Crippen molar-refractivity contribution in [2.24, 2.45) is 0 Å². The highest BCUT2D eigenvalue weighted by Crippen LogP contribution is 2.29. The average molecular weight is 463 g/mol. The van der Waals surface area contributed by atoms with Gasteiger partial charge in [-0.1, -0.05) is 18.2 Å². The molecule has 0 saturated carbocycles. The number of H-pyrrole nitrogens is 1. The molecule has 1 fully saturated rings. The van der Waals surface area contributed by atoms with Crippen molar-refractivity contribution in [3.63, 3.8) is 0 Å². The molecule has 1 saturated heterocycles. The van der Waals surface area contributed by atoms with E-state index in [1.165, 1.54) is 13.2 Å². The lowest BCUT2D eigenvalue weighted by atomic mass is 10.1. The quantitative estimate of drug-likeness (QED) is 0.558. The molecule has 2 heterocycles. The van der Waals surface area contributed by atoms with Crippen LogP contribution < -0.4 is 10.1 Å². The van der Waals surface area contributed by atoms with E-state index in [1.54, 1.807) is 19.1 Å². The molecular weight excluding hydrogens is 436 g/mol. The Morgan fingerprint density at radius 2 is 1.94 bits per heavy atom. The minimum atomic E-state index is -3.83. The number of aromatic amines is 1. The van der Waals surface area contributed by atoms with Crippen LogP contribution in [0.25, 0.3) is 10.9 Å². The summed E-state index contributed by atoms with van der Waals surface area (Å²) in [6, 6.07) is 11.9. The maximum absolute atomic E-state index is 13.3. The van der Waals surface area contributed by atoms with Crippen molar-refractivity contribution in [3.8, 4) is 5.75 Å². The summed E-state index contributed by atoms with van der Waals surface area (Å²) in [5.74, 6) is 0.0387. The zero-order chi connectivity index (χ0) is 22.2. The molecule has 1 aromatic heterocycles. The summed E-state index contributed by atoms with van der Waals surface area (Å²) < 4.78 is 56.5. The predicted octanol–water partition coefficient (Wildman–Crippen LogP) is 2.26. The Balaban J connectivity index is 1.53. The minimum Gasteiger partial charge on any atom is -0.496 e. The van der Waals surface area contributed by atoms with Gasteiger partial charge in [-0.05, 0) is 55.3 Å². The van der Waals surface area contributed by atoms with Gasteiger partial charge in [0, 0.05) is 23.1 Å². The van der Waals surface area contributed by atoms with Gasteiger partial charge < -0.3 is 15.0 Å². The number of aryl methyl sites for hydroxylation is 1. The van der Waals surface area contributed by atoms with E-state index in [2.05, 4.69) is 10.3 Å². The largest absolute Gasteiger partial charge is 0.496 e. The van der Waals surface area contributed by atoms with E-state index >= 15 is 0 Å². The zero-order valence-corrected chi connectivity index (χ0v) is 19.1. The van der Waals surface area contributed by atoms with Crippen LogP contribution >= 0.6 is 0 Å². The van der Waals surface area contributed by atoms with Crippen molar-refractivity contribution in [1.82, 2.24) is 10.3 Å². The fraction of sp³-hybridized carbons (Fsp3) is 0.364. The standard InChI is InChI=1S/C22H26N2O5S2/c1-15-11-17(7-8-21(15)29-2)31(27,28)22-14-30(25,26)13-20(22)23-10-9-16-12-24-19-6-4-3-5-18(16)19/h3-8,11-12,20,22-24H,9-10,13-14H2,1-2H3/t20-,22-/m1/s1. The van der Waals surface area contributed by atoms with Crippen LogP contribution in [0.1, 0.15) is 11.1 Å². The fourth-order valence-electron chi connectivity index (χ4n) is 4.24. The summed E-state index contributed by atoms with van der Waals surface area (Å²) in [5, 5.41) is 3.30. The molecule has 0 amide bonds. The molecular formula is C22H26N2O5S2. The first-order valence-corrected chi connectivity index (χ1v) is 13.5. The van der Waals surface area contributed by atoms with Gasteiger partial charge in [-0.15, -0.1) is 0 Å². The van der Waals surface area contributed by atoms with Crippen LogP contribution in [0.4, 0.5) is 0 Å². The first-order chi connectivity index (χ1) is 14.7. The Bertz CT molecular complexity index is 1310. The van der Waals surface area contributed by atoms with Crippen LogP contribution in [-0.4, -0.2) is 58.3 Å². The Morgan fingerprint density at radius 3 is 2.68 bits per heavy atom. The Hall–Kier alpha value is -2.36. The molecule has 1 aliphatic heterocycles. The van der Waals surface area contributed by atoms with Gasteiger partial charge in [-0.2, -0.15) is 0 Å². The molecule has 7 nitrogen and oxygen atoms in total. The number of rotatable bonds is 7. The van der Waals surface area contributed by atoms with Gasteiger partial charge in [0.2, 0.25) is 0 Å². The number of methoxy groups -OCH3 is 1. The van der Waals surface area contributed by atoms with E-state index in [1.807, 2.05) is 30.5 Å². The number of hydrogen-bond acceptors (Lipinski definition) is 6. The first-order valence-electron chi connectivity index (χ1n) is 10.1. The lowest BCUT2D eigenvalue weighted by molar-refractivity contribution is 0.411. The lowest BCUT2D eigenvalue weighted by Crippen LogP contribution is -2.44. The molecule has 1 aliphatic rings. The second-order valence-electron chi connectivity index (χ2n) is 7.96. The summed E-state index contributed by atoms with van der Waals surface area (Å²) in [6.07, 6.45) is 2.60. The van der Waals surface area contributed by atoms with Crippen LogP contribution in [0.3, 0.4) is 0 Å². The molecule has 0 unspecified atom stereocenters. The number of benzene rings is 2. The molecule has 0 radical (unpaired) electrons. The summed E-state index contributed by atoms with van der Waals surface area (Å²) in [7, 11) is -5.76. The third-order valence-electron chi connectivity index (χ3n) is 5.87. The number of sulfone groups is 2. The average Bonchev–Trinajstić information content (AvgIpc) is 3.28. The SMILES string of the molecule is COc1ccc(S(=O)(=O)[C@@H]2CS(=O)(=O)C[C@H]2NCCc2c[nH]c3ccccc23)cc1C. The third kappa shape index (κ3) is 4.35. The number of para-hydroxylation sites is 1. The van der Waals surface area contributed by atoms with Crippen molar-refractivity contribution in [1.29, 1.82) is 0 Å². The van der Waals surface area contributed by atoms with Crippen molar-refractivity contribution >= 4 is 30.6 Å². The minimum absolute atomic E-state index is 0.122. The number of hydrogen-bond donors (Lipinski definition) is 2. The first kappa shape index (κ1) is 21.9. The highest BCUT2D eigenvalue weighted by Gasteiger charge is 2.45. The summed E-state index contributed by atoms with van der Waals surface area (Å²) >= 11 is 0. The molecule has 2 aromatic carbocycles. The second-order valence-corrected chi connectivity index (χ2v) is 12.3. The normalized spacial score (nSPS) is 20.8. The van der Waals surface area contributed by atoms with Crippen LogP contribution in [0.15, 0.2) is 53.6 Å². The van der Waals surface area contributed by atoms with E-state index in [-0.39, 0.29) is 16.4 Å². The molecule has 0 aliphatic carbocycles. The smallest absolute Gasteiger partial charge is 0.183 e. The van der Waals surface area contributed by atoms with Gasteiger partial charge in [0.05, 0.1) is 28.8 Å². The van der Waals surface area contributed by atoms with Gasteiger partial charge >= 0.3 is 0 Å². The number of fused-ring (bicyclic) bond motifs is 1. The van der Waals surface area contributed by atoms with E-state index in [9.17, 15) is 16.8 Å². The van der Waals surface area contributed by atoms with Crippen molar-refractivity contribution in [3.05, 3.63) is 59.8 Å². The van der Waals surface area contributed by atoms with Crippen molar-refractivity contribution in [2.75, 3.05) is 25.2 Å². The van der Waals surface area contributed by atoms with Gasteiger partial charge in [0.1, 0.15) is 5.75 Å². The lowest BCUT2D eigenvalue weighted by Gasteiger charge is -2.20. The molecule has 31 heavy (non-hydrogen) atoms. The maximum atomic E-state index is 13.3. The van der Waals surface area contributed by atoms with Crippen LogP contribution in [0, 0.1) is 6.92 Å². The van der Waals surface area contributed by atoms with E-state index in [0.717, 1.165) is 16.5 Å². The Labute approximate surface area is 182 Å². The summed E-state index contributed by atoms with van der Waals surface area (Å²) in [4.78, 5) is 3.34. The second kappa shape index (κ2) is 8.29. The highest BCUT2D eigenvalue weighted by atomic mass is 32.2. The zero-order valence-electron chi connectivity index (χ0n) is 17.5. The molecule has 9 heteroatoms. The van der Waals surface area contributed by atoms with E-state index in [0.29, 0.717) is 24.3 Å². The Morgan fingerprint density at radius 1 is 1.16 bits per heavy atom. The van der Waals surface area contributed by atoms with Crippen molar-refractivity contribution in [2.45, 2.75) is 29.5 Å². The van der Waals surface area contributed by atoms with Gasteiger partial charge in [-0.3, -0.25) is 0 Å². The number of aromatic nitrogens is 1. The third-order valence-corrected chi connectivity index (χ3v) is 10.0. The number of nitrogens with one attached hydrogen (secondary N) is 2. The summed E-state index contributed by atoms with van der Waals surface area (Å²) in [5.41, 5.74) is 2.83. The van der Waals surface area contributed by atoms with E-state index < -0.39 is 31.0 Å². The topological polar surface area (TPSA) is 105 Å². The van der Waals surface area contributed by atoms with Gasteiger partial charge in [-0.25, -0.2) is 16.8 Å². The van der Waals surface area contributed by atoms with Gasteiger partial charge in [0.25, 0.3) is 0 Å². The Kier molecular flexibility index (Phi) is 5.85. The molecule has 166 valence electrons. The predicted molar refractivity (Wildman–Crippen MR) is 121 cm³/mol. The van der Waals surface area contributed by atoms with Crippen molar-refractivity contribution < 1.29 is 21.6 Å². The monoisotopic (exact) mass is 462 g/mol. The highest BCUT2D eigenvalue weighted by molar-refractivity contribution is 7.96. The van der Waals surface area contributed by atoms with Crippen LogP contribution in [0.5, 0.6) is 5.75 Å². The van der Waals surface area contributed by atoms with Gasteiger partial charge in [0.15, 0.2) is 19.7 Å². The van der Waals surface area contributed by atoms with Crippen LogP contribution in [-0.2, 0) is 26.1 Å².